The summed E-state index contributed by atoms with van der Waals surface area (Å²) in [5.41, 5.74) is 7.23. The van der Waals surface area contributed by atoms with Crippen LogP contribution >= 0.6 is 24.0 Å². The third-order valence-electron chi connectivity index (χ3n) is 4.64. The summed E-state index contributed by atoms with van der Waals surface area (Å²) < 4.78 is 13.0. The average Bonchev–Trinajstić information content (AvgIpc) is 2.77. The monoisotopic (exact) mass is 318 g/mol. The molecule has 2 nitrogen and oxygen atoms in total. The molecule has 1 aromatic carbocycles. The molecule has 3 rings (SSSR count). The minimum atomic E-state index is -0.272. The Morgan fingerprint density at radius 3 is 2.80 bits per heavy atom. The summed E-state index contributed by atoms with van der Waals surface area (Å²) in [5, 5.41) is 0.527. The second-order valence-electron chi connectivity index (χ2n) is 5.95. The van der Waals surface area contributed by atoms with Crippen molar-refractivity contribution in [3.8, 4) is 0 Å². The van der Waals surface area contributed by atoms with Crippen molar-refractivity contribution in [1.29, 1.82) is 0 Å². The van der Waals surface area contributed by atoms with E-state index in [2.05, 4.69) is 4.90 Å². The van der Waals surface area contributed by atoms with Crippen LogP contribution in [0.5, 0.6) is 0 Å². The van der Waals surface area contributed by atoms with Crippen LogP contribution in [-0.2, 0) is 6.54 Å². The van der Waals surface area contributed by atoms with Crippen LogP contribution in [0.3, 0.4) is 0 Å². The molecule has 1 saturated carbocycles. The van der Waals surface area contributed by atoms with Crippen molar-refractivity contribution >= 4 is 24.0 Å². The van der Waals surface area contributed by atoms with Crippen molar-refractivity contribution in [3.05, 3.63) is 34.6 Å². The molecular weight excluding hydrogens is 298 g/mol. The number of benzene rings is 1. The SMILES string of the molecule is Cl.NC1CCCC2CN(Cc3ccc(F)cc3Cl)CC12. The van der Waals surface area contributed by atoms with Crippen LogP contribution in [0.25, 0.3) is 0 Å². The zero-order valence-corrected chi connectivity index (χ0v) is 13.0. The number of hydrogen-bond donors (Lipinski definition) is 1. The highest BCUT2D eigenvalue weighted by molar-refractivity contribution is 6.31. The largest absolute Gasteiger partial charge is 0.327 e. The lowest BCUT2D eigenvalue weighted by molar-refractivity contribution is 0.259. The number of likely N-dealkylation sites (tertiary alicyclic amines) is 1. The maximum absolute atomic E-state index is 13.0. The molecule has 1 aliphatic heterocycles. The normalized spacial score (nSPS) is 29.9. The molecule has 1 aromatic rings. The molecule has 112 valence electrons. The Morgan fingerprint density at radius 2 is 2.10 bits per heavy atom. The minimum Gasteiger partial charge on any atom is -0.327 e. The lowest BCUT2D eigenvalue weighted by atomic mass is 9.78. The van der Waals surface area contributed by atoms with E-state index in [1.54, 1.807) is 6.07 Å². The molecule has 2 fully saturated rings. The highest BCUT2D eigenvalue weighted by Crippen LogP contribution is 2.36. The first-order valence-electron chi connectivity index (χ1n) is 7.05. The van der Waals surface area contributed by atoms with Crippen LogP contribution in [0.4, 0.5) is 4.39 Å². The fraction of sp³-hybridized carbons (Fsp3) is 0.600. The van der Waals surface area contributed by atoms with Gasteiger partial charge in [0.1, 0.15) is 5.82 Å². The Hall–Kier alpha value is -0.350. The second kappa shape index (κ2) is 6.61. The molecule has 5 heteroatoms. The van der Waals surface area contributed by atoms with Gasteiger partial charge in [0.2, 0.25) is 0 Å². The van der Waals surface area contributed by atoms with Gasteiger partial charge in [0.25, 0.3) is 0 Å². The van der Waals surface area contributed by atoms with Crippen LogP contribution in [0.1, 0.15) is 24.8 Å². The minimum absolute atomic E-state index is 0. The van der Waals surface area contributed by atoms with E-state index in [9.17, 15) is 4.39 Å². The molecule has 0 amide bonds. The third kappa shape index (κ3) is 3.28. The van der Waals surface area contributed by atoms with E-state index in [0.717, 1.165) is 37.5 Å². The summed E-state index contributed by atoms with van der Waals surface area (Å²) in [6, 6.07) is 5.02. The smallest absolute Gasteiger partial charge is 0.124 e. The van der Waals surface area contributed by atoms with Crippen LogP contribution in [0.15, 0.2) is 18.2 Å². The van der Waals surface area contributed by atoms with Gasteiger partial charge in [-0.1, -0.05) is 24.1 Å². The topological polar surface area (TPSA) is 29.3 Å². The quantitative estimate of drug-likeness (QED) is 0.904. The van der Waals surface area contributed by atoms with Crippen molar-refractivity contribution in [2.45, 2.75) is 31.8 Å². The van der Waals surface area contributed by atoms with E-state index in [1.807, 2.05) is 0 Å². The maximum Gasteiger partial charge on any atom is 0.124 e. The van der Waals surface area contributed by atoms with Gasteiger partial charge in [0, 0.05) is 30.7 Å². The van der Waals surface area contributed by atoms with E-state index in [-0.39, 0.29) is 18.2 Å². The van der Waals surface area contributed by atoms with Crippen molar-refractivity contribution in [1.82, 2.24) is 4.90 Å². The molecule has 0 radical (unpaired) electrons. The number of fused-ring (bicyclic) bond motifs is 1. The average molecular weight is 319 g/mol. The second-order valence-corrected chi connectivity index (χ2v) is 6.36. The Labute approximate surface area is 130 Å². The van der Waals surface area contributed by atoms with Crippen LogP contribution in [0.2, 0.25) is 5.02 Å². The van der Waals surface area contributed by atoms with E-state index >= 15 is 0 Å². The highest BCUT2D eigenvalue weighted by Gasteiger charge is 2.38. The van der Waals surface area contributed by atoms with E-state index in [4.69, 9.17) is 17.3 Å². The lowest BCUT2D eigenvalue weighted by Gasteiger charge is -2.29. The first-order chi connectivity index (χ1) is 9.13. The van der Waals surface area contributed by atoms with Gasteiger partial charge < -0.3 is 5.73 Å². The van der Waals surface area contributed by atoms with Gasteiger partial charge in [0.05, 0.1) is 0 Å². The van der Waals surface area contributed by atoms with Gasteiger partial charge in [0.15, 0.2) is 0 Å². The molecule has 2 N–H and O–H groups in total. The zero-order valence-electron chi connectivity index (χ0n) is 11.4. The Bertz CT molecular complexity index is 469. The van der Waals surface area contributed by atoms with Gasteiger partial charge in [-0.15, -0.1) is 12.4 Å². The van der Waals surface area contributed by atoms with Gasteiger partial charge in [-0.3, -0.25) is 4.90 Å². The van der Waals surface area contributed by atoms with Crippen molar-refractivity contribution in [2.75, 3.05) is 13.1 Å². The number of hydrogen-bond acceptors (Lipinski definition) is 2. The zero-order chi connectivity index (χ0) is 13.4. The lowest BCUT2D eigenvalue weighted by Crippen LogP contribution is -2.38. The molecule has 0 aromatic heterocycles. The first-order valence-corrected chi connectivity index (χ1v) is 7.43. The molecule has 3 unspecified atom stereocenters. The van der Waals surface area contributed by atoms with Gasteiger partial charge in [-0.2, -0.15) is 0 Å². The van der Waals surface area contributed by atoms with E-state index in [1.165, 1.54) is 25.0 Å². The number of nitrogens with two attached hydrogens (primary N) is 1. The summed E-state index contributed by atoms with van der Waals surface area (Å²) in [6.07, 6.45) is 3.71. The third-order valence-corrected chi connectivity index (χ3v) is 4.99. The summed E-state index contributed by atoms with van der Waals surface area (Å²) in [4.78, 5) is 2.42. The van der Waals surface area contributed by atoms with Gasteiger partial charge in [-0.25, -0.2) is 4.39 Å². The Balaban J connectivity index is 0.00000147. The fourth-order valence-corrected chi connectivity index (χ4v) is 3.86. The van der Waals surface area contributed by atoms with E-state index < -0.39 is 0 Å². The molecule has 20 heavy (non-hydrogen) atoms. The molecule has 3 atom stereocenters. The van der Waals surface area contributed by atoms with Crippen LogP contribution in [0, 0.1) is 17.7 Å². The summed E-state index contributed by atoms with van der Waals surface area (Å²) >= 11 is 6.10. The number of halogens is 3. The molecule has 1 aliphatic carbocycles. The molecule has 1 heterocycles. The summed E-state index contributed by atoms with van der Waals surface area (Å²) in [7, 11) is 0. The summed E-state index contributed by atoms with van der Waals surface area (Å²) in [6.45, 7) is 2.96. The number of nitrogens with zero attached hydrogens (tertiary/aromatic N) is 1. The number of rotatable bonds is 2. The fourth-order valence-electron chi connectivity index (χ4n) is 3.63. The van der Waals surface area contributed by atoms with Crippen molar-refractivity contribution in [3.63, 3.8) is 0 Å². The van der Waals surface area contributed by atoms with E-state index in [0.29, 0.717) is 17.0 Å². The van der Waals surface area contributed by atoms with Crippen molar-refractivity contribution in [2.24, 2.45) is 17.6 Å². The van der Waals surface area contributed by atoms with Gasteiger partial charge in [-0.05, 0) is 42.4 Å². The molecule has 0 spiro atoms. The molecular formula is C15H21Cl2FN2. The molecule has 2 aliphatic rings. The Kier molecular flexibility index (Phi) is 5.30. The predicted octanol–water partition coefficient (Wildman–Crippen LogP) is 3.46. The molecule has 0 bridgehead atoms. The maximum atomic E-state index is 13.0. The van der Waals surface area contributed by atoms with Crippen molar-refractivity contribution < 1.29 is 4.39 Å². The van der Waals surface area contributed by atoms with Crippen LogP contribution < -0.4 is 5.73 Å². The molecule has 1 saturated heterocycles. The highest BCUT2D eigenvalue weighted by atomic mass is 35.5. The standard InChI is InChI=1S/C15H20ClFN2.ClH/c16-14-6-12(17)5-4-11(14)8-19-7-10-2-1-3-15(18)13(10)9-19;/h4-6,10,13,15H,1-3,7-9,18H2;1H. The Morgan fingerprint density at radius 1 is 1.30 bits per heavy atom. The first kappa shape index (κ1) is 16.0. The van der Waals surface area contributed by atoms with Crippen LogP contribution in [-0.4, -0.2) is 24.0 Å². The predicted molar refractivity (Wildman–Crippen MR) is 82.7 cm³/mol. The summed E-state index contributed by atoms with van der Waals surface area (Å²) in [5.74, 6) is 1.10. The van der Waals surface area contributed by atoms with Gasteiger partial charge >= 0.3 is 0 Å².